The van der Waals surface area contributed by atoms with E-state index in [1.54, 1.807) is 0 Å². The first-order chi connectivity index (χ1) is 9.33. The fraction of sp³-hybridized carbons (Fsp3) is 0.789. The highest BCUT2D eigenvalue weighted by atomic mass is 14.3. The van der Waals surface area contributed by atoms with Crippen LogP contribution in [0, 0.1) is 23.7 Å². The van der Waals surface area contributed by atoms with Gasteiger partial charge in [0, 0.05) is 0 Å². The zero-order valence-corrected chi connectivity index (χ0v) is 12.8. The Hall–Kier alpha value is -0.520. The summed E-state index contributed by atoms with van der Waals surface area (Å²) in [7, 11) is 0. The molecule has 0 aromatic carbocycles. The summed E-state index contributed by atoms with van der Waals surface area (Å²) >= 11 is 0. The van der Waals surface area contributed by atoms with Crippen LogP contribution >= 0.6 is 0 Å². The molecule has 0 heteroatoms. The first kappa shape index (κ1) is 14.9. The molecule has 0 spiro atoms. The molecule has 108 valence electrons. The average Bonchev–Trinajstić information content (AvgIpc) is 2.48. The number of hydrogen-bond acceptors (Lipinski definition) is 0. The maximum atomic E-state index is 3.92. The second-order valence-electron chi connectivity index (χ2n) is 6.80. The van der Waals surface area contributed by atoms with Crippen molar-refractivity contribution in [3.05, 3.63) is 24.8 Å². The molecule has 2 rings (SSSR count). The molecule has 0 bridgehead atoms. The number of unbranched alkanes of at least 4 members (excludes halogenated alkanes) is 2. The van der Waals surface area contributed by atoms with E-state index in [0.29, 0.717) is 5.92 Å². The summed E-state index contributed by atoms with van der Waals surface area (Å²) in [5, 5.41) is 0. The maximum Gasteiger partial charge on any atom is -0.00559 e. The largest absolute Gasteiger partial charge is 0.102 e. The molecule has 0 saturated heterocycles. The van der Waals surface area contributed by atoms with E-state index < -0.39 is 0 Å². The minimum Gasteiger partial charge on any atom is -0.102 e. The Morgan fingerprint density at radius 1 is 1.00 bits per heavy atom. The van der Waals surface area contributed by atoms with Gasteiger partial charge in [-0.25, -0.2) is 0 Å². The van der Waals surface area contributed by atoms with Gasteiger partial charge in [0.05, 0.1) is 0 Å². The van der Waals surface area contributed by atoms with Crippen LogP contribution < -0.4 is 0 Å². The highest BCUT2D eigenvalue weighted by molar-refractivity contribution is 5.05. The van der Waals surface area contributed by atoms with E-state index in [4.69, 9.17) is 0 Å². The SMILES string of the molecule is C=CC1C=CC(C2CCC(CCCCC)CC2)CC1. The van der Waals surface area contributed by atoms with Crippen molar-refractivity contribution in [2.24, 2.45) is 23.7 Å². The van der Waals surface area contributed by atoms with Gasteiger partial charge in [0.25, 0.3) is 0 Å². The van der Waals surface area contributed by atoms with E-state index in [0.717, 1.165) is 17.8 Å². The molecule has 0 radical (unpaired) electrons. The summed E-state index contributed by atoms with van der Waals surface area (Å²) in [6.45, 7) is 6.22. The fourth-order valence-corrected chi connectivity index (χ4v) is 4.04. The first-order valence-electron chi connectivity index (χ1n) is 8.64. The van der Waals surface area contributed by atoms with Crippen molar-refractivity contribution >= 4 is 0 Å². The van der Waals surface area contributed by atoms with Crippen LogP contribution in [0.3, 0.4) is 0 Å². The molecule has 2 atom stereocenters. The van der Waals surface area contributed by atoms with Gasteiger partial charge in [0.1, 0.15) is 0 Å². The van der Waals surface area contributed by atoms with E-state index in [2.05, 4.69) is 31.7 Å². The van der Waals surface area contributed by atoms with E-state index in [1.807, 2.05) is 0 Å². The molecule has 0 aromatic rings. The normalized spacial score (nSPS) is 35.2. The van der Waals surface area contributed by atoms with Gasteiger partial charge in [-0.05, 0) is 49.4 Å². The van der Waals surface area contributed by atoms with Gasteiger partial charge in [-0.1, -0.05) is 63.7 Å². The lowest BCUT2D eigenvalue weighted by Gasteiger charge is -2.34. The molecule has 0 nitrogen and oxygen atoms in total. The molecule has 0 heterocycles. The van der Waals surface area contributed by atoms with Gasteiger partial charge in [0.15, 0.2) is 0 Å². The quantitative estimate of drug-likeness (QED) is 0.397. The molecule has 0 amide bonds. The summed E-state index contributed by atoms with van der Waals surface area (Å²) in [6, 6.07) is 0. The van der Waals surface area contributed by atoms with Crippen molar-refractivity contribution in [3.63, 3.8) is 0 Å². The monoisotopic (exact) mass is 260 g/mol. The smallest absolute Gasteiger partial charge is 0.00559 e. The van der Waals surface area contributed by atoms with Gasteiger partial charge < -0.3 is 0 Å². The van der Waals surface area contributed by atoms with Crippen molar-refractivity contribution in [1.82, 2.24) is 0 Å². The summed E-state index contributed by atoms with van der Waals surface area (Å²) in [5.74, 6) is 3.58. The van der Waals surface area contributed by atoms with Gasteiger partial charge in [0.2, 0.25) is 0 Å². The molecule has 2 aliphatic rings. The Kier molecular flexibility index (Phi) is 6.20. The summed E-state index contributed by atoms with van der Waals surface area (Å²) in [5.41, 5.74) is 0. The molecule has 2 aliphatic carbocycles. The Morgan fingerprint density at radius 3 is 2.37 bits per heavy atom. The lowest BCUT2D eigenvalue weighted by Crippen LogP contribution is -2.23. The first-order valence-corrected chi connectivity index (χ1v) is 8.64. The Labute approximate surface area is 120 Å². The zero-order valence-electron chi connectivity index (χ0n) is 12.8. The third kappa shape index (κ3) is 4.51. The molecule has 0 aliphatic heterocycles. The molecule has 2 unspecified atom stereocenters. The highest BCUT2D eigenvalue weighted by Crippen LogP contribution is 2.39. The van der Waals surface area contributed by atoms with Gasteiger partial charge in [-0.15, -0.1) is 6.58 Å². The van der Waals surface area contributed by atoms with Crippen LogP contribution in [0.25, 0.3) is 0 Å². The van der Waals surface area contributed by atoms with E-state index in [9.17, 15) is 0 Å². The Morgan fingerprint density at radius 2 is 1.79 bits per heavy atom. The van der Waals surface area contributed by atoms with E-state index in [-0.39, 0.29) is 0 Å². The van der Waals surface area contributed by atoms with Crippen LogP contribution in [-0.4, -0.2) is 0 Å². The lowest BCUT2D eigenvalue weighted by atomic mass is 9.71. The third-order valence-electron chi connectivity index (χ3n) is 5.45. The van der Waals surface area contributed by atoms with Gasteiger partial charge in [-0.3, -0.25) is 0 Å². The summed E-state index contributed by atoms with van der Waals surface area (Å²) in [6.07, 6.45) is 21.5. The topological polar surface area (TPSA) is 0 Å². The summed E-state index contributed by atoms with van der Waals surface area (Å²) in [4.78, 5) is 0. The summed E-state index contributed by atoms with van der Waals surface area (Å²) < 4.78 is 0. The van der Waals surface area contributed by atoms with Gasteiger partial charge in [-0.2, -0.15) is 0 Å². The van der Waals surface area contributed by atoms with Crippen LogP contribution in [-0.2, 0) is 0 Å². The standard InChI is InChI=1S/C19H32/c1-3-5-6-7-17-10-14-19(15-11-17)18-12-8-16(4-2)9-13-18/h4,8,12,16-19H,2-3,5-7,9-11,13-15H2,1H3. The molecular weight excluding hydrogens is 228 g/mol. The minimum absolute atomic E-state index is 0.654. The Balaban J connectivity index is 1.70. The van der Waals surface area contributed by atoms with E-state index >= 15 is 0 Å². The Bertz CT molecular complexity index is 280. The molecule has 0 aromatic heterocycles. The average molecular weight is 260 g/mol. The third-order valence-corrected chi connectivity index (χ3v) is 5.45. The number of allylic oxidation sites excluding steroid dienone is 3. The highest BCUT2D eigenvalue weighted by Gasteiger charge is 2.27. The zero-order chi connectivity index (χ0) is 13.5. The van der Waals surface area contributed by atoms with Crippen molar-refractivity contribution in [1.29, 1.82) is 0 Å². The fourth-order valence-electron chi connectivity index (χ4n) is 4.04. The van der Waals surface area contributed by atoms with Crippen LogP contribution in [0.4, 0.5) is 0 Å². The molecular formula is C19H32. The molecule has 0 N–H and O–H groups in total. The van der Waals surface area contributed by atoms with Crippen molar-refractivity contribution < 1.29 is 0 Å². The van der Waals surface area contributed by atoms with Crippen molar-refractivity contribution in [3.8, 4) is 0 Å². The predicted octanol–water partition coefficient (Wildman–Crippen LogP) is 6.14. The molecule has 19 heavy (non-hydrogen) atoms. The van der Waals surface area contributed by atoms with Crippen molar-refractivity contribution in [2.45, 2.75) is 71.1 Å². The van der Waals surface area contributed by atoms with E-state index in [1.165, 1.54) is 64.2 Å². The van der Waals surface area contributed by atoms with Gasteiger partial charge >= 0.3 is 0 Å². The second kappa shape index (κ2) is 7.92. The maximum absolute atomic E-state index is 3.92. The predicted molar refractivity (Wildman–Crippen MR) is 85.1 cm³/mol. The minimum atomic E-state index is 0.654. The van der Waals surface area contributed by atoms with Crippen LogP contribution in [0.15, 0.2) is 24.8 Å². The lowest BCUT2D eigenvalue weighted by molar-refractivity contribution is 0.206. The number of hydrogen-bond donors (Lipinski definition) is 0. The van der Waals surface area contributed by atoms with Crippen LogP contribution in [0.5, 0.6) is 0 Å². The van der Waals surface area contributed by atoms with Crippen molar-refractivity contribution in [2.75, 3.05) is 0 Å². The van der Waals surface area contributed by atoms with Crippen LogP contribution in [0.2, 0.25) is 0 Å². The number of rotatable bonds is 6. The van der Waals surface area contributed by atoms with Crippen LogP contribution in [0.1, 0.15) is 71.1 Å². The molecule has 1 fully saturated rings. The second-order valence-corrected chi connectivity index (χ2v) is 6.80. The molecule has 1 saturated carbocycles.